The summed E-state index contributed by atoms with van der Waals surface area (Å²) in [6, 6.07) is -0.819. The molecule has 0 aromatic carbocycles. The van der Waals surface area contributed by atoms with Gasteiger partial charge in [-0.15, -0.1) is 0 Å². The normalized spacial score (nSPS) is 19.0. The maximum Gasteiger partial charge on any atom is 0.220 e. The molecule has 0 saturated carbocycles. The molecular formula is C65H125NO8. The predicted molar refractivity (Wildman–Crippen MR) is 314 cm³/mol. The van der Waals surface area contributed by atoms with Crippen molar-refractivity contribution in [1.82, 2.24) is 5.32 Å². The molecule has 1 aliphatic heterocycles. The molecule has 9 nitrogen and oxygen atoms in total. The lowest BCUT2D eigenvalue weighted by atomic mass is 9.99. The van der Waals surface area contributed by atoms with Crippen LogP contribution in [0.5, 0.6) is 0 Å². The number of amides is 1. The number of carbonyl (C=O) groups is 1. The van der Waals surface area contributed by atoms with Crippen LogP contribution in [-0.4, -0.2) is 87.5 Å². The van der Waals surface area contributed by atoms with Crippen LogP contribution in [0.25, 0.3) is 0 Å². The number of allylic oxidation sites excluding steroid dienone is 3. The van der Waals surface area contributed by atoms with Gasteiger partial charge < -0.3 is 40.3 Å². The van der Waals surface area contributed by atoms with E-state index in [9.17, 15) is 30.3 Å². The Morgan fingerprint density at radius 3 is 1.14 bits per heavy atom. The molecule has 0 spiro atoms. The van der Waals surface area contributed by atoms with Crippen LogP contribution in [0.3, 0.4) is 0 Å². The zero-order valence-corrected chi connectivity index (χ0v) is 48.9. The van der Waals surface area contributed by atoms with Crippen LogP contribution in [0, 0.1) is 0 Å². The van der Waals surface area contributed by atoms with E-state index in [-0.39, 0.29) is 12.5 Å². The standard InChI is InChI=1S/C65H125NO8/c1-3-5-7-9-11-13-15-17-19-21-23-25-26-27-28-29-30-31-32-33-35-37-39-41-43-45-47-49-51-53-55-61(69)66-58(57-73-65-64(72)63(71)62(70)60(56-67)74-65)59(68)54-52-50-48-46-44-42-40-38-36-34-24-22-20-18-16-14-12-10-8-6-4-2/h44,46,52,54,58-60,62-65,67-68,70-72H,3-43,45,47-51,53,55-57H2,1-2H3,(H,66,69)/b46-44+,54-52+. The number of unbranched alkanes of at least 4 members (excludes halogenated alkanes) is 45. The van der Waals surface area contributed by atoms with Crippen LogP contribution in [0.4, 0.5) is 0 Å². The van der Waals surface area contributed by atoms with E-state index in [1.807, 2.05) is 6.08 Å². The summed E-state index contributed by atoms with van der Waals surface area (Å²) in [5, 5.41) is 54.6. The zero-order chi connectivity index (χ0) is 53.6. The van der Waals surface area contributed by atoms with Gasteiger partial charge in [-0.1, -0.05) is 314 Å². The maximum absolute atomic E-state index is 13.1. The van der Waals surface area contributed by atoms with Crippen molar-refractivity contribution in [1.29, 1.82) is 0 Å². The van der Waals surface area contributed by atoms with E-state index < -0.39 is 49.5 Å². The van der Waals surface area contributed by atoms with Gasteiger partial charge in [-0.2, -0.15) is 0 Å². The average molecular weight is 1050 g/mol. The van der Waals surface area contributed by atoms with Crippen molar-refractivity contribution in [2.75, 3.05) is 13.2 Å². The quantitative estimate of drug-likeness (QED) is 0.0261. The first-order valence-electron chi connectivity index (χ1n) is 32.6. The van der Waals surface area contributed by atoms with Crippen molar-refractivity contribution in [2.24, 2.45) is 0 Å². The van der Waals surface area contributed by atoms with E-state index >= 15 is 0 Å². The van der Waals surface area contributed by atoms with Gasteiger partial charge in [0.2, 0.25) is 5.91 Å². The highest BCUT2D eigenvalue weighted by atomic mass is 16.7. The summed E-state index contributed by atoms with van der Waals surface area (Å²) in [6.07, 6.45) is 64.2. The Labute approximate surface area is 458 Å². The smallest absolute Gasteiger partial charge is 0.220 e. The van der Waals surface area contributed by atoms with Gasteiger partial charge in [-0.3, -0.25) is 4.79 Å². The van der Waals surface area contributed by atoms with Gasteiger partial charge in [0.1, 0.15) is 24.4 Å². The Morgan fingerprint density at radius 1 is 0.446 bits per heavy atom. The third-order valence-electron chi connectivity index (χ3n) is 15.8. The summed E-state index contributed by atoms with van der Waals surface area (Å²) < 4.78 is 11.3. The van der Waals surface area contributed by atoms with Crippen molar-refractivity contribution in [2.45, 2.75) is 371 Å². The Morgan fingerprint density at radius 2 is 0.770 bits per heavy atom. The third-order valence-corrected chi connectivity index (χ3v) is 15.8. The summed E-state index contributed by atoms with van der Waals surface area (Å²) in [7, 11) is 0. The number of hydrogen-bond donors (Lipinski definition) is 6. The summed E-state index contributed by atoms with van der Waals surface area (Å²) in [5.41, 5.74) is 0. The fourth-order valence-electron chi connectivity index (χ4n) is 10.6. The van der Waals surface area contributed by atoms with Crippen LogP contribution in [0.2, 0.25) is 0 Å². The molecule has 7 atom stereocenters. The molecule has 74 heavy (non-hydrogen) atoms. The molecule has 1 amide bonds. The van der Waals surface area contributed by atoms with Crippen molar-refractivity contribution < 1.29 is 39.8 Å². The molecular weight excluding hydrogens is 923 g/mol. The van der Waals surface area contributed by atoms with E-state index in [2.05, 4.69) is 31.3 Å². The first-order chi connectivity index (χ1) is 36.3. The molecule has 0 aromatic heterocycles. The van der Waals surface area contributed by atoms with E-state index in [1.54, 1.807) is 6.08 Å². The van der Waals surface area contributed by atoms with Crippen molar-refractivity contribution in [3.05, 3.63) is 24.3 Å². The molecule has 1 fully saturated rings. The van der Waals surface area contributed by atoms with Gasteiger partial charge in [0.05, 0.1) is 25.4 Å². The Balaban J connectivity index is 2.15. The third kappa shape index (κ3) is 43.6. The summed E-state index contributed by atoms with van der Waals surface area (Å²) in [5.74, 6) is -0.179. The number of ether oxygens (including phenoxy) is 2. The first-order valence-corrected chi connectivity index (χ1v) is 32.6. The van der Waals surface area contributed by atoms with Crippen molar-refractivity contribution in [3.8, 4) is 0 Å². The second-order valence-corrected chi connectivity index (χ2v) is 22.9. The highest BCUT2D eigenvalue weighted by Gasteiger charge is 2.44. The minimum atomic E-state index is -1.57. The van der Waals surface area contributed by atoms with Gasteiger partial charge in [-0.25, -0.2) is 0 Å². The average Bonchev–Trinajstić information content (AvgIpc) is 3.40. The number of aliphatic hydroxyl groups is 5. The lowest BCUT2D eigenvalue weighted by Crippen LogP contribution is -2.60. The van der Waals surface area contributed by atoms with Crippen molar-refractivity contribution in [3.63, 3.8) is 0 Å². The number of aliphatic hydroxyl groups excluding tert-OH is 5. The molecule has 0 aromatic rings. The Hall–Kier alpha value is -1.33. The highest BCUT2D eigenvalue weighted by molar-refractivity contribution is 5.76. The minimum Gasteiger partial charge on any atom is -0.394 e. The van der Waals surface area contributed by atoms with Gasteiger partial charge in [0.25, 0.3) is 0 Å². The van der Waals surface area contributed by atoms with Gasteiger partial charge in [-0.05, 0) is 32.1 Å². The molecule has 1 aliphatic rings. The Bertz CT molecular complexity index is 1210. The van der Waals surface area contributed by atoms with Crippen LogP contribution in [-0.2, 0) is 14.3 Å². The zero-order valence-electron chi connectivity index (χ0n) is 48.9. The maximum atomic E-state index is 13.1. The lowest BCUT2D eigenvalue weighted by molar-refractivity contribution is -0.302. The minimum absolute atomic E-state index is 0.179. The number of nitrogens with one attached hydrogen (secondary N) is 1. The fraction of sp³-hybridized carbons (Fsp3) is 0.923. The van der Waals surface area contributed by atoms with Crippen LogP contribution in [0.1, 0.15) is 328 Å². The van der Waals surface area contributed by atoms with Crippen LogP contribution in [0.15, 0.2) is 24.3 Å². The molecule has 0 radical (unpaired) electrons. The summed E-state index contributed by atoms with van der Waals surface area (Å²) in [6.45, 7) is 3.81. The first kappa shape index (κ1) is 70.7. The van der Waals surface area contributed by atoms with Gasteiger partial charge >= 0.3 is 0 Å². The summed E-state index contributed by atoms with van der Waals surface area (Å²) in [4.78, 5) is 13.1. The monoisotopic (exact) mass is 1050 g/mol. The number of hydrogen-bond acceptors (Lipinski definition) is 8. The van der Waals surface area contributed by atoms with Crippen molar-refractivity contribution >= 4 is 5.91 Å². The topological polar surface area (TPSA) is 149 Å². The molecule has 0 bridgehead atoms. The largest absolute Gasteiger partial charge is 0.394 e. The molecule has 9 heteroatoms. The molecule has 1 heterocycles. The highest BCUT2D eigenvalue weighted by Crippen LogP contribution is 2.23. The molecule has 438 valence electrons. The number of carbonyl (C=O) groups excluding carboxylic acids is 1. The number of rotatable bonds is 57. The fourth-order valence-corrected chi connectivity index (χ4v) is 10.6. The Kier molecular flexibility index (Phi) is 52.5. The predicted octanol–water partition coefficient (Wildman–Crippen LogP) is 16.9. The molecule has 1 saturated heterocycles. The van der Waals surface area contributed by atoms with E-state index in [1.165, 1.54) is 270 Å². The summed E-state index contributed by atoms with van der Waals surface area (Å²) >= 11 is 0. The van der Waals surface area contributed by atoms with Crippen LogP contribution < -0.4 is 5.32 Å². The lowest BCUT2D eigenvalue weighted by Gasteiger charge is -2.40. The van der Waals surface area contributed by atoms with E-state index in [4.69, 9.17) is 9.47 Å². The molecule has 0 aliphatic carbocycles. The van der Waals surface area contributed by atoms with E-state index in [0.717, 1.165) is 38.5 Å². The van der Waals surface area contributed by atoms with Gasteiger partial charge in [0, 0.05) is 6.42 Å². The van der Waals surface area contributed by atoms with Gasteiger partial charge in [0.15, 0.2) is 6.29 Å². The second kappa shape index (κ2) is 55.0. The molecule has 7 unspecified atom stereocenters. The van der Waals surface area contributed by atoms with E-state index in [0.29, 0.717) is 6.42 Å². The molecule has 1 rings (SSSR count). The second-order valence-electron chi connectivity index (χ2n) is 22.9. The molecule has 6 N–H and O–H groups in total. The van der Waals surface area contributed by atoms with Crippen LogP contribution >= 0.6 is 0 Å². The SMILES string of the molecule is CCCCCCCCCCCCCCCCC/C=C/CC/C=C/C(O)C(COC1OC(CO)C(O)C(O)C1O)NC(=O)CCCCCCCCCCCCCCCCCCCCCCCCCCCCCCCC.